The van der Waals surface area contributed by atoms with E-state index >= 15 is 0 Å². The molecule has 2 atom stereocenters. The van der Waals surface area contributed by atoms with Gasteiger partial charge in [-0.25, -0.2) is 9.18 Å². The molecule has 2 fully saturated rings. The normalized spacial score (nSPS) is 23.4. The fourth-order valence-electron chi connectivity index (χ4n) is 3.78. The summed E-state index contributed by atoms with van der Waals surface area (Å²) in [5, 5.41) is 9.43. The molecule has 2 aliphatic rings. The first kappa shape index (κ1) is 17.0. The quantitative estimate of drug-likeness (QED) is 0.911. The maximum atomic E-state index is 14.8. The summed E-state index contributed by atoms with van der Waals surface area (Å²) in [5.41, 5.74) is 0.0609. The van der Waals surface area contributed by atoms with Crippen LogP contribution in [0.4, 0.5) is 10.1 Å². The Kier molecular flexibility index (Phi) is 3.99. The predicted octanol–water partition coefficient (Wildman–Crippen LogP) is 2.79. The smallest absolute Gasteiger partial charge is 0.341 e. The molecule has 1 aromatic heterocycles. The number of hydrogen-bond donors (Lipinski definition) is 1. The summed E-state index contributed by atoms with van der Waals surface area (Å²) in [6, 6.07) is 3.03. The number of carbonyl (C=O) groups is 1. The summed E-state index contributed by atoms with van der Waals surface area (Å²) in [6.07, 6.45) is 3.21. The number of aromatic nitrogens is 1. The van der Waals surface area contributed by atoms with Crippen molar-refractivity contribution < 1.29 is 19.0 Å². The van der Waals surface area contributed by atoms with Crippen LogP contribution in [0.1, 0.15) is 43.1 Å². The predicted molar refractivity (Wildman–Crippen MR) is 95.6 cm³/mol. The molecule has 0 radical (unpaired) electrons. The van der Waals surface area contributed by atoms with E-state index in [9.17, 15) is 19.1 Å². The minimum absolute atomic E-state index is 0.0196. The minimum Gasteiger partial charge on any atom is -0.477 e. The Morgan fingerprint density at radius 2 is 1.88 bits per heavy atom. The number of carboxylic acids is 1. The number of hydrogen-bond acceptors (Lipinski definition) is 4. The van der Waals surface area contributed by atoms with E-state index in [4.69, 9.17) is 4.74 Å². The highest BCUT2D eigenvalue weighted by atomic mass is 19.1. The molecule has 1 saturated carbocycles. The first-order valence-electron chi connectivity index (χ1n) is 8.87. The van der Waals surface area contributed by atoms with E-state index in [-0.39, 0.29) is 29.2 Å². The van der Waals surface area contributed by atoms with Crippen molar-refractivity contribution in [3.63, 3.8) is 0 Å². The summed E-state index contributed by atoms with van der Waals surface area (Å²) in [5.74, 6) is -1.80. The van der Waals surface area contributed by atoms with Crippen LogP contribution in [0.25, 0.3) is 10.9 Å². The van der Waals surface area contributed by atoms with E-state index in [1.54, 1.807) is 6.07 Å². The molecule has 0 amide bonds. The Balaban J connectivity index is 1.91. The molecule has 0 bridgehead atoms. The summed E-state index contributed by atoms with van der Waals surface area (Å²) in [7, 11) is 0. The molecule has 26 heavy (non-hydrogen) atoms. The molecule has 2 unspecified atom stereocenters. The lowest BCUT2D eigenvalue weighted by atomic mass is 10.1. The van der Waals surface area contributed by atoms with Gasteiger partial charge in [0.05, 0.1) is 23.4 Å². The van der Waals surface area contributed by atoms with Gasteiger partial charge in [0.25, 0.3) is 0 Å². The second kappa shape index (κ2) is 6.09. The van der Waals surface area contributed by atoms with Crippen LogP contribution in [0.5, 0.6) is 0 Å². The molecule has 4 rings (SSSR count). The SMILES string of the molecule is CC1CN(c2cc3c(cc2F)c(=O)c(C(=O)O)cn3C2CC2)CC(C)O1. The fourth-order valence-corrected chi connectivity index (χ4v) is 3.78. The Labute approximate surface area is 149 Å². The molecule has 1 aliphatic heterocycles. The molecule has 1 aliphatic carbocycles. The number of rotatable bonds is 3. The largest absolute Gasteiger partial charge is 0.477 e. The van der Waals surface area contributed by atoms with Gasteiger partial charge < -0.3 is 19.3 Å². The zero-order chi connectivity index (χ0) is 18.6. The van der Waals surface area contributed by atoms with Crippen LogP contribution in [0.3, 0.4) is 0 Å². The molecule has 1 N–H and O–H groups in total. The van der Waals surface area contributed by atoms with Crippen molar-refractivity contribution in [2.45, 2.75) is 44.9 Å². The van der Waals surface area contributed by atoms with Crippen LogP contribution in [0.2, 0.25) is 0 Å². The monoisotopic (exact) mass is 360 g/mol. The molecule has 1 saturated heterocycles. The number of ether oxygens (including phenoxy) is 1. The number of pyridine rings is 1. The topological polar surface area (TPSA) is 71.8 Å². The number of carboxylic acid groups (broad SMARTS) is 1. The van der Waals surface area contributed by atoms with Crippen molar-refractivity contribution in [3.8, 4) is 0 Å². The third-order valence-corrected chi connectivity index (χ3v) is 5.03. The van der Waals surface area contributed by atoms with E-state index in [1.165, 1.54) is 12.3 Å². The minimum atomic E-state index is -1.29. The second-order valence-electron chi connectivity index (χ2n) is 7.30. The van der Waals surface area contributed by atoms with E-state index in [2.05, 4.69) is 0 Å². The molecule has 138 valence electrons. The Morgan fingerprint density at radius 1 is 1.23 bits per heavy atom. The Morgan fingerprint density at radius 3 is 2.46 bits per heavy atom. The van der Waals surface area contributed by atoms with Crippen LogP contribution >= 0.6 is 0 Å². The second-order valence-corrected chi connectivity index (χ2v) is 7.30. The first-order valence-corrected chi connectivity index (χ1v) is 8.87. The number of nitrogens with zero attached hydrogens (tertiary/aromatic N) is 2. The molecule has 2 aromatic rings. The molecule has 0 spiro atoms. The highest BCUT2D eigenvalue weighted by Crippen LogP contribution is 2.38. The van der Waals surface area contributed by atoms with Crippen LogP contribution < -0.4 is 10.3 Å². The summed E-state index contributed by atoms with van der Waals surface area (Å²) < 4.78 is 22.4. The average molecular weight is 360 g/mol. The van der Waals surface area contributed by atoms with E-state index in [0.717, 1.165) is 12.8 Å². The van der Waals surface area contributed by atoms with Crippen molar-refractivity contribution in [1.29, 1.82) is 0 Å². The molecular weight excluding hydrogens is 339 g/mol. The zero-order valence-corrected chi connectivity index (χ0v) is 14.7. The zero-order valence-electron chi connectivity index (χ0n) is 14.7. The number of halogens is 1. The van der Waals surface area contributed by atoms with E-state index < -0.39 is 17.2 Å². The third-order valence-electron chi connectivity index (χ3n) is 5.03. The van der Waals surface area contributed by atoms with Crippen LogP contribution in [-0.4, -0.2) is 40.9 Å². The lowest BCUT2D eigenvalue weighted by molar-refractivity contribution is -0.00539. The number of anilines is 1. The highest BCUT2D eigenvalue weighted by Gasteiger charge is 2.29. The van der Waals surface area contributed by atoms with E-state index in [0.29, 0.717) is 24.3 Å². The van der Waals surface area contributed by atoms with Gasteiger partial charge in [-0.3, -0.25) is 4.79 Å². The fraction of sp³-hybridized carbons (Fsp3) is 0.474. The molecule has 7 heteroatoms. The molecule has 2 heterocycles. The first-order chi connectivity index (χ1) is 12.3. The highest BCUT2D eigenvalue weighted by molar-refractivity contribution is 5.93. The van der Waals surface area contributed by atoms with Gasteiger partial charge >= 0.3 is 5.97 Å². The standard InChI is InChI=1S/C19H21FN2O4/c1-10-7-21(8-11(2)26-10)17-6-16-13(5-15(17)20)18(23)14(19(24)25)9-22(16)12-3-4-12/h5-6,9-12H,3-4,7-8H2,1-2H3,(H,24,25). The molecule has 1 aromatic carbocycles. The van der Waals surface area contributed by atoms with Gasteiger partial charge in [0.2, 0.25) is 5.43 Å². The number of benzene rings is 1. The number of aromatic carboxylic acids is 1. The van der Waals surface area contributed by atoms with Crippen LogP contribution in [0.15, 0.2) is 23.1 Å². The maximum Gasteiger partial charge on any atom is 0.341 e. The lowest BCUT2D eigenvalue weighted by Crippen LogP contribution is -2.45. The van der Waals surface area contributed by atoms with Gasteiger partial charge in [-0.05, 0) is 38.8 Å². The number of morpholine rings is 1. The summed E-state index contributed by atoms with van der Waals surface area (Å²) >= 11 is 0. The van der Waals surface area contributed by atoms with Crippen molar-refractivity contribution in [2.75, 3.05) is 18.0 Å². The van der Waals surface area contributed by atoms with Gasteiger partial charge in [0.1, 0.15) is 11.4 Å². The summed E-state index contributed by atoms with van der Waals surface area (Å²) in [6.45, 7) is 5.02. The van der Waals surface area contributed by atoms with Crippen molar-refractivity contribution in [1.82, 2.24) is 4.57 Å². The maximum absolute atomic E-state index is 14.8. The Hall–Kier alpha value is -2.41. The third kappa shape index (κ3) is 2.86. The molecule has 6 nitrogen and oxygen atoms in total. The van der Waals surface area contributed by atoms with Crippen molar-refractivity contribution >= 4 is 22.6 Å². The van der Waals surface area contributed by atoms with Crippen LogP contribution in [0, 0.1) is 5.82 Å². The Bertz CT molecular complexity index is 941. The van der Waals surface area contributed by atoms with Gasteiger partial charge in [0, 0.05) is 30.7 Å². The molecular formula is C19H21FN2O4. The van der Waals surface area contributed by atoms with Crippen molar-refractivity contribution in [2.24, 2.45) is 0 Å². The van der Waals surface area contributed by atoms with Gasteiger partial charge in [0.15, 0.2) is 0 Å². The number of fused-ring (bicyclic) bond motifs is 1. The van der Waals surface area contributed by atoms with Gasteiger partial charge in [-0.2, -0.15) is 0 Å². The van der Waals surface area contributed by atoms with Crippen LogP contribution in [-0.2, 0) is 4.74 Å². The van der Waals surface area contributed by atoms with E-state index in [1.807, 2.05) is 23.3 Å². The van der Waals surface area contributed by atoms with Crippen molar-refractivity contribution in [3.05, 3.63) is 39.9 Å². The average Bonchev–Trinajstić information content (AvgIpc) is 3.38. The van der Waals surface area contributed by atoms with Gasteiger partial charge in [-0.15, -0.1) is 0 Å². The lowest BCUT2D eigenvalue weighted by Gasteiger charge is -2.37. The summed E-state index contributed by atoms with van der Waals surface area (Å²) in [4.78, 5) is 25.8. The van der Waals surface area contributed by atoms with Gasteiger partial charge in [-0.1, -0.05) is 0 Å².